The van der Waals surface area contributed by atoms with E-state index in [9.17, 15) is 13.6 Å². The fraction of sp³-hybridized carbons (Fsp3) is 0.0909. The van der Waals surface area contributed by atoms with Crippen molar-refractivity contribution in [2.24, 2.45) is 0 Å². The van der Waals surface area contributed by atoms with Gasteiger partial charge in [0.25, 0.3) is 5.56 Å². The molecule has 2 heterocycles. The molecule has 0 saturated heterocycles. The molecular weight excluding hydrogens is 452 g/mol. The molecule has 0 aliphatic heterocycles. The molecule has 0 unspecified atom stereocenters. The molecule has 4 aromatic rings. The van der Waals surface area contributed by atoms with Crippen LogP contribution in [0.15, 0.2) is 47.3 Å². The average Bonchev–Trinajstić information content (AvgIpc) is 2.72. The first-order chi connectivity index (χ1) is 15.7. The Kier molecular flexibility index (Phi) is 6.75. The monoisotopic (exact) mass is 469 g/mol. The van der Waals surface area contributed by atoms with Gasteiger partial charge in [-0.05, 0) is 36.1 Å². The Balaban J connectivity index is 0.000000235. The van der Waals surface area contributed by atoms with Gasteiger partial charge in [-0.1, -0.05) is 30.7 Å². The lowest BCUT2D eigenvalue weighted by Crippen LogP contribution is -2.22. The summed E-state index contributed by atoms with van der Waals surface area (Å²) >= 11 is 6.12. The molecule has 168 valence electrons. The summed E-state index contributed by atoms with van der Waals surface area (Å²) in [5.41, 5.74) is 16.3. The standard InChI is InChI=1S/C17H12ClF2NO.C5H6N6/c1-2-13-6-10-4-3-5-15(18)16(10)17(22)21(13)14-8-11(19)7-12(20)9-14;6-1-2-3(7)10-5(9)11-4(2)8/h3-9H,2H2,1H3;(H6,7,8,9,10,11). The van der Waals surface area contributed by atoms with Gasteiger partial charge < -0.3 is 17.2 Å². The van der Waals surface area contributed by atoms with Crippen molar-refractivity contribution in [1.29, 1.82) is 5.26 Å². The lowest BCUT2D eigenvalue weighted by Gasteiger charge is -2.14. The Morgan fingerprint density at radius 1 is 1.06 bits per heavy atom. The second kappa shape index (κ2) is 9.50. The Morgan fingerprint density at radius 2 is 1.67 bits per heavy atom. The van der Waals surface area contributed by atoms with Crippen LogP contribution in [0.1, 0.15) is 18.2 Å². The van der Waals surface area contributed by atoms with E-state index in [1.54, 1.807) is 24.3 Å². The number of benzene rings is 2. The summed E-state index contributed by atoms with van der Waals surface area (Å²) < 4.78 is 28.3. The molecule has 0 radical (unpaired) electrons. The molecule has 2 aromatic heterocycles. The van der Waals surface area contributed by atoms with Gasteiger partial charge in [0.15, 0.2) is 0 Å². The van der Waals surface area contributed by atoms with E-state index in [-0.39, 0.29) is 34.4 Å². The third kappa shape index (κ3) is 4.83. The molecule has 0 fully saturated rings. The zero-order valence-electron chi connectivity index (χ0n) is 17.3. The maximum Gasteiger partial charge on any atom is 0.264 e. The van der Waals surface area contributed by atoms with Gasteiger partial charge in [0, 0.05) is 11.8 Å². The van der Waals surface area contributed by atoms with Crippen LogP contribution in [-0.4, -0.2) is 14.5 Å². The van der Waals surface area contributed by atoms with Crippen LogP contribution < -0.4 is 22.8 Å². The number of aryl methyl sites for hydroxylation is 1. The number of rotatable bonds is 2. The second-order valence-electron chi connectivity index (χ2n) is 6.80. The molecule has 0 atom stereocenters. The Morgan fingerprint density at radius 3 is 2.21 bits per heavy atom. The highest BCUT2D eigenvalue weighted by molar-refractivity contribution is 6.35. The third-order valence-electron chi connectivity index (χ3n) is 4.63. The highest BCUT2D eigenvalue weighted by Crippen LogP contribution is 2.23. The van der Waals surface area contributed by atoms with E-state index in [0.29, 0.717) is 27.9 Å². The van der Waals surface area contributed by atoms with Gasteiger partial charge in [-0.15, -0.1) is 0 Å². The Labute approximate surface area is 191 Å². The zero-order valence-corrected chi connectivity index (χ0v) is 18.1. The van der Waals surface area contributed by atoms with Crippen molar-refractivity contribution in [3.05, 3.63) is 80.7 Å². The fourth-order valence-corrected chi connectivity index (χ4v) is 3.48. The number of hydrogen-bond donors (Lipinski definition) is 3. The van der Waals surface area contributed by atoms with Crippen LogP contribution in [0.5, 0.6) is 0 Å². The third-order valence-corrected chi connectivity index (χ3v) is 4.95. The van der Waals surface area contributed by atoms with Crippen molar-refractivity contribution in [1.82, 2.24) is 14.5 Å². The molecule has 33 heavy (non-hydrogen) atoms. The zero-order chi connectivity index (χ0) is 24.3. The first-order valence-corrected chi connectivity index (χ1v) is 9.92. The quantitative estimate of drug-likeness (QED) is 0.406. The number of halogens is 3. The number of nitrogens with zero attached hydrogens (tertiary/aromatic N) is 4. The normalized spacial score (nSPS) is 10.4. The van der Waals surface area contributed by atoms with Crippen LogP contribution in [0.25, 0.3) is 16.5 Å². The first kappa shape index (κ1) is 23.4. The maximum absolute atomic E-state index is 13.5. The molecule has 4 rings (SSSR count). The van der Waals surface area contributed by atoms with Crippen molar-refractivity contribution in [2.45, 2.75) is 13.3 Å². The molecule has 8 nitrogen and oxygen atoms in total. The topological polar surface area (TPSA) is 150 Å². The number of anilines is 3. The number of nitriles is 1. The van der Waals surface area contributed by atoms with Crippen LogP contribution in [0.4, 0.5) is 26.4 Å². The molecule has 6 N–H and O–H groups in total. The minimum Gasteiger partial charge on any atom is -0.382 e. The highest BCUT2D eigenvalue weighted by Gasteiger charge is 2.14. The first-order valence-electron chi connectivity index (χ1n) is 9.54. The molecule has 0 bridgehead atoms. The molecular formula is C22H18ClF2N7O. The van der Waals surface area contributed by atoms with Crippen molar-refractivity contribution in [3.8, 4) is 11.8 Å². The van der Waals surface area contributed by atoms with Crippen LogP contribution >= 0.6 is 11.6 Å². The van der Waals surface area contributed by atoms with Crippen LogP contribution in [0.2, 0.25) is 5.02 Å². The molecule has 0 amide bonds. The molecule has 0 spiro atoms. The summed E-state index contributed by atoms with van der Waals surface area (Å²) in [7, 11) is 0. The molecule has 0 aliphatic carbocycles. The Bertz CT molecular complexity index is 1420. The molecule has 2 aromatic carbocycles. The summed E-state index contributed by atoms with van der Waals surface area (Å²) in [5, 5.41) is 9.82. The van der Waals surface area contributed by atoms with Gasteiger partial charge in [-0.2, -0.15) is 15.2 Å². The summed E-state index contributed by atoms with van der Waals surface area (Å²) in [6, 6.07) is 11.8. The molecule has 0 saturated carbocycles. The average molecular weight is 470 g/mol. The van der Waals surface area contributed by atoms with E-state index in [1.807, 2.05) is 13.0 Å². The fourth-order valence-electron chi connectivity index (χ4n) is 3.21. The van der Waals surface area contributed by atoms with E-state index in [2.05, 4.69) is 9.97 Å². The predicted molar refractivity (Wildman–Crippen MR) is 124 cm³/mol. The minimum atomic E-state index is -0.733. The highest BCUT2D eigenvalue weighted by atomic mass is 35.5. The van der Waals surface area contributed by atoms with Gasteiger partial charge >= 0.3 is 0 Å². The Hall–Kier alpha value is -4.23. The van der Waals surface area contributed by atoms with Gasteiger partial charge in [0.05, 0.1) is 16.1 Å². The summed E-state index contributed by atoms with van der Waals surface area (Å²) in [6.07, 6.45) is 0.538. The summed E-state index contributed by atoms with van der Waals surface area (Å²) in [5.74, 6) is -1.47. The van der Waals surface area contributed by atoms with Gasteiger partial charge in [0.2, 0.25) is 5.95 Å². The number of pyridine rings is 1. The van der Waals surface area contributed by atoms with Gasteiger partial charge in [-0.3, -0.25) is 9.36 Å². The SMILES string of the molecule is CCc1cc2cccc(Cl)c2c(=O)n1-c1cc(F)cc(F)c1.N#Cc1c(N)nc(N)nc1N. The second-order valence-corrected chi connectivity index (χ2v) is 7.21. The smallest absolute Gasteiger partial charge is 0.264 e. The van der Waals surface area contributed by atoms with Gasteiger partial charge in [0.1, 0.15) is 34.9 Å². The lowest BCUT2D eigenvalue weighted by atomic mass is 10.1. The minimum absolute atomic E-state index is 0.0116. The van der Waals surface area contributed by atoms with E-state index >= 15 is 0 Å². The maximum atomic E-state index is 13.5. The van der Waals surface area contributed by atoms with E-state index in [1.165, 1.54) is 4.57 Å². The van der Waals surface area contributed by atoms with Crippen LogP contribution in [0.3, 0.4) is 0 Å². The molecule has 0 aliphatic rings. The number of hydrogen-bond acceptors (Lipinski definition) is 7. The van der Waals surface area contributed by atoms with Crippen molar-refractivity contribution >= 4 is 40.0 Å². The number of nitrogens with two attached hydrogens (primary N) is 3. The largest absolute Gasteiger partial charge is 0.382 e. The van der Waals surface area contributed by atoms with E-state index in [4.69, 9.17) is 34.1 Å². The molecule has 11 heteroatoms. The summed E-state index contributed by atoms with van der Waals surface area (Å²) in [6.45, 7) is 1.87. The van der Waals surface area contributed by atoms with Crippen molar-refractivity contribution in [2.75, 3.05) is 17.2 Å². The summed E-state index contributed by atoms with van der Waals surface area (Å²) in [4.78, 5) is 19.9. The number of nitrogen functional groups attached to an aromatic ring is 3. The van der Waals surface area contributed by atoms with E-state index < -0.39 is 11.6 Å². The van der Waals surface area contributed by atoms with Crippen molar-refractivity contribution < 1.29 is 8.78 Å². The lowest BCUT2D eigenvalue weighted by molar-refractivity contribution is 0.581. The predicted octanol–water partition coefficient (Wildman–Crippen LogP) is 3.58. The van der Waals surface area contributed by atoms with Crippen LogP contribution in [0, 0.1) is 23.0 Å². The van der Waals surface area contributed by atoms with Crippen LogP contribution in [-0.2, 0) is 6.42 Å². The van der Waals surface area contributed by atoms with Crippen molar-refractivity contribution in [3.63, 3.8) is 0 Å². The van der Waals surface area contributed by atoms with E-state index in [0.717, 1.165) is 18.2 Å². The van der Waals surface area contributed by atoms with Gasteiger partial charge in [-0.25, -0.2) is 8.78 Å². The number of fused-ring (bicyclic) bond motifs is 1. The number of aromatic nitrogens is 3.